The molecule has 0 N–H and O–H groups in total. The molecule has 1 amide bonds. The number of sulfonamides is 1. The highest BCUT2D eigenvalue weighted by atomic mass is 32.2. The predicted molar refractivity (Wildman–Crippen MR) is 114 cm³/mol. The van der Waals surface area contributed by atoms with Gasteiger partial charge >= 0.3 is 0 Å². The Morgan fingerprint density at radius 2 is 1.90 bits per heavy atom. The summed E-state index contributed by atoms with van der Waals surface area (Å²) in [5.41, 5.74) is 1.04. The first-order valence-corrected chi connectivity index (χ1v) is 11.4. The fourth-order valence-corrected chi connectivity index (χ4v) is 5.29. The largest absolute Gasteiger partial charge is 0.497 e. The minimum Gasteiger partial charge on any atom is -0.497 e. The van der Waals surface area contributed by atoms with Gasteiger partial charge in [0.05, 0.1) is 25.7 Å². The Balaban J connectivity index is 1.97. The van der Waals surface area contributed by atoms with Crippen LogP contribution in [0.2, 0.25) is 0 Å². The number of carbonyl (C=O) groups excluding carboxylic acids is 2. The molecule has 1 unspecified atom stereocenters. The SMILES string of the molecule is CCCS(=O)(=O)N(C(=O)CC1CC(=O)c2ccc(OC)cc21)c1ccc(OC)c(F)c1. The summed E-state index contributed by atoms with van der Waals surface area (Å²) in [4.78, 5) is 25.6. The molecule has 1 atom stereocenters. The molecule has 0 radical (unpaired) electrons. The highest BCUT2D eigenvalue weighted by molar-refractivity contribution is 7.93. The van der Waals surface area contributed by atoms with Crippen LogP contribution in [0.3, 0.4) is 0 Å². The number of Topliss-reactive ketones (excluding diaryl/α,β-unsaturated/α-hetero) is 1. The lowest BCUT2D eigenvalue weighted by Crippen LogP contribution is -2.39. The minimum atomic E-state index is -4.04. The number of benzene rings is 2. The molecule has 0 bridgehead atoms. The number of fused-ring (bicyclic) bond motifs is 1. The number of nitrogens with zero attached hydrogens (tertiary/aromatic N) is 1. The van der Waals surface area contributed by atoms with E-state index in [4.69, 9.17) is 9.47 Å². The second kappa shape index (κ2) is 9.05. The lowest BCUT2D eigenvalue weighted by Gasteiger charge is -2.24. The number of halogens is 1. The Bertz CT molecular complexity index is 1110. The zero-order valence-electron chi connectivity index (χ0n) is 17.6. The normalized spacial score (nSPS) is 15.5. The number of amides is 1. The Hall–Kier alpha value is -2.94. The van der Waals surface area contributed by atoms with E-state index in [2.05, 4.69) is 0 Å². The van der Waals surface area contributed by atoms with Crippen LogP contribution in [-0.2, 0) is 14.8 Å². The van der Waals surface area contributed by atoms with Crippen LogP contribution < -0.4 is 13.8 Å². The van der Waals surface area contributed by atoms with Crippen molar-refractivity contribution < 1.29 is 31.9 Å². The quantitative estimate of drug-likeness (QED) is 0.611. The fraction of sp³-hybridized carbons (Fsp3) is 0.364. The van der Waals surface area contributed by atoms with Crippen molar-refractivity contribution in [2.75, 3.05) is 24.3 Å². The lowest BCUT2D eigenvalue weighted by atomic mass is 9.97. The number of rotatable bonds is 8. The van der Waals surface area contributed by atoms with Crippen LogP contribution >= 0.6 is 0 Å². The van der Waals surface area contributed by atoms with E-state index in [9.17, 15) is 22.4 Å². The minimum absolute atomic E-state index is 0.0635. The van der Waals surface area contributed by atoms with Gasteiger partial charge in [-0.3, -0.25) is 9.59 Å². The number of hydrogen-bond acceptors (Lipinski definition) is 6. The Morgan fingerprint density at radius 1 is 1.16 bits per heavy atom. The first-order valence-electron chi connectivity index (χ1n) is 9.82. The third kappa shape index (κ3) is 4.56. The van der Waals surface area contributed by atoms with E-state index >= 15 is 0 Å². The van der Waals surface area contributed by atoms with Gasteiger partial charge in [0.2, 0.25) is 15.9 Å². The zero-order chi connectivity index (χ0) is 22.8. The van der Waals surface area contributed by atoms with Crippen molar-refractivity contribution in [3.63, 3.8) is 0 Å². The first-order chi connectivity index (χ1) is 14.7. The van der Waals surface area contributed by atoms with Gasteiger partial charge in [0.15, 0.2) is 17.3 Å². The third-order valence-electron chi connectivity index (χ3n) is 5.19. The molecule has 166 valence electrons. The van der Waals surface area contributed by atoms with E-state index in [0.717, 1.165) is 6.07 Å². The standard InChI is InChI=1S/C22H24FNO6S/c1-4-9-31(27,28)24(15-5-8-21(30-3)19(23)12-15)22(26)11-14-10-20(25)17-7-6-16(29-2)13-18(14)17/h5-8,12-14H,4,9-11H2,1-3H3. The highest BCUT2D eigenvalue weighted by Crippen LogP contribution is 2.38. The van der Waals surface area contributed by atoms with Crippen molar-refractivity contribution in [2.45, 2.75) is 32.1 Å². The number of ketones is 1. The summed E-state index contributed by atoms with van der Waals surface area (Å²) in [6.45, 7) is 1.67. The van der Waals surface area contributed by atoms with Crippen LogP contribution in [-0.4, -0.2) is 40.1 Å². The van der Waals surface area contributed by atoms with Crippen molar-refractivity contribution in [1.82, 2.24) is 0 Å². The molecule has 1 aliphatic carbocycles. The van der Waals surface area contributed by atoms with E-state index in [-0.39, 0.29) is 42.2 Å². The number of ether oxygens (including phenoxy) is 2. The molecule has 0 spiro atoms. The molecule has 0 aromatic heterocycles. The van der Waals surface area contributed by atoms with Gasteiger partial charge in [-0.1, -0.05) is 6.92 Å². The summed E-state index contributed by atoms with van der Waals surface area (Å²) in [6.07, 6.45) is 0.155. The Kier molecular flexibility index (Phi) is 6.64. The maximum absolute atomic E-state index is 14.3. The monoisotopic (exact) mass is 449 g/mol. The Morgan fingerprint density at radius 3 is 2.52 bits per heavy atom. The molecule has 0 aliphatic heterocycles. The van der Waals surface area contributed by atoms with Gasteiger partial charge in [0.25, 0.3) is 0 Å². The Labute approximate surface area is 180 Å². The highest BCUT2D eigenvalue weighted by Gasteiger charge is 2.36. The van der Waals surface area contributed by atoms with E-state index < -0.39 is 27.7 Å². The van der Waals surface area contributed by atoms with Crippen LogP contribution in [0, 0.1) is 5.82 Å². The first kappa shape index (κ1) is 22.7. The average Bonchev–Trinajstić information content (AvgIpc) is 3.02. The molecule has 0 saturated carbocycles. The van der Waals surface area contributed by atoms with Crippen LogP contribution in [0.1, 0.15) is 48.0 Å². The molecule has 7 nitrogen and oxygen atoms in total. The number of carbonyl (C=O) groups is 2. The summed E-state index contributed by atoms with van der Waals surface area (Å²) in [5.74, 6) is -1.92. The molecule has 31 heavy (non-hydrogen) atoms. The van der Waals surface area contributed by atoms with Gasteiger partial charge in [-0.25, -0.2) is 17.1 Å². The molecular formula is C22H24FNO6S. The molecule has 0 heterocycles. The van der Waals surface area contributed by atoms with Gasteiger partial charge in [-0.2, -0.15) is 0 Å². The van der Waals surface area contributed by atoms with Gasteiger partial charge in [0.1, 0.15) is 5.75 Å². The van der Waals surface area contributed by atoms with E-state index in [1.807, 2.05) is 0 Å². The summed E-state index contributed by atoms with van der Waals surface area (Å²) < 4.78 is 50.8. The number of methoxy groups -OCH3 is 2. The topological polar surface area (TPSA) is 90.0 Å². The summed E-state index contributed by atoms with van der Waals surface area (Å²) >= 11 is 0. The second-order valence-corrected chi connectivity index (χ2v) is 9.21. The molecule has 2 aromatic rings. The van der Waals surface area contributed by atoms with Crippen molar-refractivity contribution in [2.24, 2.45) is 0 Å². The van der Waals surface area contributed by atoms with E-state index in [1.54, 1.807) is 25.1 Å². The fourth-order valence-electron chi connectivity index (χ4n) is 3.77. The molecule has 9 heteroatoms. The summed E-state index contributed by atoms with van der Waals surface area (Å²) in [6, 6.07) is 8.55. The van der Waals surface area contributed by atoms with Crippen molar-refractivity contribution in [3.8, 4) is 11.5 Å². The summed E-state index contributed by atoms with van der Waals surface area (Å²) in [5, 5.41) is 0. The van der Waals surface area contributed by atoms with E-state index in [1.165, 1.54) is 26.4 Å². The van der Waals surface area contributed by atoms with Gasteiger partial charge < -0.3 is 9.47 Å². The average molecular weight is 450 g/mol. The van der Waals surface area contributed by atoms with Crippen molar-refractivity contribution >= 4 is 27.4 Å². The van der Waals surface area contributed by atoms with Crippen LogP contribution in [0.15, 0.2) is 36.4 Å². The molecule has 0 fully saturated rings. The molecule has 1 aliphatic rings. The molecule has 2 aromatic carbocycles. The zero-order valence-corrected chi connectivity index (χ0v) is 18.4. The third-order valence-corrected chi connectivity index (χ3v) is 7.08. The molecule has 3 rings (SSSR count). The predicted octanol–water partition coefficient (Wildman–Crippen LogP) is 3.68. The van der Waals surface area contributed by atoms with E-state index in [0.29, 0.717) is 21.2 Å². The smallest absolute Gasteiger partial charge is 0.241 e. The van der Waals surface area contributed by atoms with Crippen molar-refractivity contribution in [1.29, 1.82) is 0 Å². The lowest BCUT2D eigenvalue weighted by molar-refractivity contribution is -0.117. The van der Waals surface area contributed by atoms with Gasteiger partial charge in [-0.05, 0) is 42.3 Å². The number of hydrogen-bond donors (Lipinski definition) is 0. The summed E-state index contributed by atoms with van der Waals surface area (Å²) in [7, 11) is -1.25. The number of anilines is 1. The molecule has 0 saturated heterocycles. The molecular weight excluding hydrogens is 425 g/mol. The second-order valence-electron chi connectivity index (χ2n) is 7.27. The van der Waals surface area contributed by atoms with Crippen LogP contribution in [0.25, 0.3) is 0 Å². The van der Waals surface area contributed by atoms with Crippen LogP contribution in [0.4, 0.5) is 10.1 Å². The maximum atomic E-state index is 14.3. The van der Waals surface area contributed by atoms with Gasteiger partial charge in [0, 0.05) is 30.4 Å². The van der Waals surface area contributed by atoms with Crippen molar-refractivity contribution in [3.05, 3.63) is 53.3 Å². The van der Waals surface area contributed by atoms with Crippen LogP contribution in [0.5, 0.6) is 11.5 Å². The van der Waals surface area contributed by atoms with Gasteiger partial charge in [-0.15, -0.1) is 0 Å². The maximum Gasteiger partial charge on any atom is 0.241 e.